The number of hydrogen-bond donors (Lipinski definition) is 0. The summed E-state index contributed by atoms with van der Waals surface area (Å²) in [5.41, 5.74) is 1.66. The van der Waals surface area contributed by atoms with Gasteiger partial charge < -0.3 is 9.64 Å². The normalized spacial score (nSPS) is 10.7. The molecule has 0 bridgehead atoms. The highest BCUT2D eigenvalue weighted by atomic mass is 32.1. The second-order valence-electron chi connectivity index (χ2n) is 6.00. The Morgan fingerprint density at radius 1 is 1.12 bits per heavy atom. The van der Waals surface area contributed by atoms with E-state index in [1.165, 1.54) is 28.4 Å². The van der Waals surface area contributed by atoms with Gasteiger partial charge in [0.15, 0.2) is 6.61 Å². The molecule has 0 N–H and O–H groups in total. The van der Waals surface area contributed by atoms with Crippen LogP contribution in [0.25, 0.3) is 10.1 Å². The highest BCUT2D eigenvalue weighted by molar-refractivity contribution is 7.21. The number of likely N-dealkylation sites (N-methyl/N-ethyl adjacent to an activating group) is 1. The number of hydrogen-bond acceptors (Lipinski definition) is 4. The van der Waals surface area contributed by atoms with E-state index in [2.05, 4.69) is 0 Å². The lowest BCUT2D eigenvalue weighted by Crippen LogP contribution is -2.30. The van der Waals surface area contributed by atoms with E-state index in [4.69, 9.17) is 4.74 Å². The average molecular weight is 371 g/mol. The average Bonchev–Trinajstić information content (AvgIpc) is 2.98. The minimum Gasteiger partial charge on any atom is -0.451 e. The molecule has 0 fully saturated rings. The first-order valence-electron chi connectivity index (χ1n) is 8.09. The third-order valence-electron chi connectivity index (χ3n) is 4.11. The summed E-state index contributed by atoms with van der Waals surface area (Å²) in [6.07, 6.45) is 0. The molecule has 0 aliphatic heterocycles. The molecule has 1 amide bonds. The number of benzene rings is 2. The smallest absolute Gasteiger partial charge is 0.349 e. The molecule has 3 aromatic rings. The summed E-state index contributed by atoms with van der Waals surface area (Å²) in [7, 11) is 1.62. The van der Waals surface area contributed by atoms with Crippen LogP contribution in [0.1, 0.15) is 20.8 Å². The fraction of sp³-hybridized carbons (Fsp3) is 0.200. The number of thiophene rings is 1. The molecule has 0 saturated heterocycles. The number of amides is 1. The van der Waals surface area contributed by atoms with E-state index in [0.717, 1.165) is 21.2 Å². The molecule has 0 radical (unpaired) electrons. The van der Waals surface area contributed by atoms with Crippen molar-refractivity contribution in [1.82, 2.24) is 4.90 Å². The minimum atomic E-state index is -0.493. The summed E-state index contributed by atoms with van der Waals surface area (Å²) in [5, 5.41) is 1.02. The number of rotatable bonds is 5. The number of nitrogens with zero attached hydrogens (tertiary/aromatic N) is 1. The minimum absolute atomic E-state index is 0.318. The maximum atomic E-state index is 12.9. The highest BCUT2D eigenvalue weighted by Crippen LogP contribution is 2.30. The van der Waals surface area contributed by atoms with Crippen LogP contribution in [0, 0.1) is 12.7 Å². The third kappa shape index (κ3) is 3.91. The first-order chi connectivity index (χ1) is 12.5. The Labute approximate surface area is 154 Å². The number of aryl methyl sites for hydroxylation is 1. The molecule has 2 aromatic carbocycles. The Morgan fingerprint density at radius 2 is 1.81 bits per heavy atom. The van der Waals surface area contributed by atoms with E-state index >= 15 is 0 Å². The Balaban J connectivity index is 1.60. The van der Waals surface area contributed by atoms with E-state index in [0.29, 0.717) is 11.4 Å². The van der Waals surface area contributed by atoms with Crippen molar-refractivity contribution >= 4 is 33.3 Å². The van der Waals surface area contributed by atoms with Crippen molar-refractivity contribution < 1.29 is 18.7 Å². The van der Waals surface area contributed by atoms with Crippen LogP contribution in [0.3, 0.4) is 0 Å². The maximum Gasteiger partial charge on any atom is 0.349 e. The predicted molar refractivity (Wildman–Crippen MR) is 99.7 cm³/mol. The van der Waals surface area contributed by atoms with E-state index in [-0.39, 0.29) is 18.3 Å². The number of carbonyl (C=O) groups excluding carboxylic acids is 2. The van der Waals surface area contributed by atoms with Crippen LogP contribution >= 0.6 is 11.3 Å². The first kappa shape index (κ1) is 18.1. The third-order valence-corrected chi connectivity index (χ3v) is 5.37. The van der Waals surface area contributed by atoms with Crippen LogP contribution in [0.2, 0.25) is 0 Å². The predicted octanol–water partition coefficient (Wildman–Crippen LogP) is 4.16. The maximum absolute atomic E-state index is 12.9. The van der Waals surface area contributed by atoms with E-state index < -0.39 is 5.97 Å². The van der Waals surface area contributed by atoms with Gasteiger partial charge >= 0.3 is 5.97 Å². The second-order valence-corrected chi connectivity index (χ2v) is 7.06. The van der Waals surface area contributed by atoms with Gasteiger partial charge in [-0.1, -0.05) is 30.3 Å². The van der Waals surface area contributed by atoms with E-state index in [1.54, 1.807) is 19.2 Å². The van der Waals surface area contributed by atoms with Crippen molar-refractivity contribution in [1.29, 1.82) is 0 Å². The Hall–Kier alpha value is -2.73. The molecule has 26 heavy (non-hydrogen) atoms. The number of halogens is 1. The SMILES string of the molecule is Cc1c(C(=O)OCC(=O)N(C)Cc2ccc(F)cc2)sc2ccccc12. The molecule has 0 atom stereocenters. The zero-order valence-electron chi connectivity index (χ0n) is 14.5. The lowest BCUT2D eigenvalue weighted by molar-refractivity contribution is -0.133. The molecule has 134 valence electrons. The Bertz CT molecular complexity index is 949. The van der Waals surface area contributed by atoms with Crippen LogP contribution in [0.5, 0.6) is 0 Å². The van der Waals surface area contributed by atoms with Crippen molar-refractivity contribution in [3.63, 3.8) is 0 Å². The second kappa shape index (κ2) is 7.66. The van der Waals surface area contributed by atoms with Gasteiger partial charge in [0.2, 0.25) is 0 Å². The molecule has 0 saturated carbocycles. The molecule has 0 spiro atoms. The van der Waals surface area contributed by atoms with Crippen molar-refractivity contribution in [2.75, 3.05) is 13.7 Å². The zero-order valence-corrected chi connectivity index (χ0v) is 15.3. The lowest BCUT2D eigenvalue weighted by Gasteiger charge is -2.17. The van der Waals surface area contributed by atoms with Gasteiger partial charge in [0.25, 0.3) is 5.91 Å². The van der Waals surface area contributed by atoms with E-state index in [9.17, 15) is 14.0 Å². The number of esters is 1. The van der Waals surface area contributed by atoms with Crippen molar-refractivity contribution in [3.05, 3.63) is 70.4 Å². The van der Waals surface area contributed by atoms with Gasteiger partial charge in [0, 0.05) is 18.3 Å². The topological polar surface area (TPSA) is 46.6 Å². The number of fused-ring (bicyclic) bond motifs is 1. The first-order valence-corrected chi connectivity index (χ1v) is 8.91. The largest absolute Gasteiger partial charge is 0.451 e. The summed E-state index contributed by atoms with van der Waals surface area (Å²) in [5.74, 6) is -1.14. The Kier molecular flexibility index (Phi) is 5.32. The molecular weight excluding hydrogens is 353 g/mol. The Morgan fingerprint density at radius 3 is 2.50 bits per heavy atom. The van der Waals surface area contributed by atoms with Crippen molar-refractivity contribution in [3.8, 4) is 0 Å². The molecule has 0 aliphatic rings. The summed E-state index contributed by atoms with van der Waals surface area (Å²) in [6.45, 7) is 1.86. The monoisotopic (exact) mass is 371 g/mol. The summed E-state index contributed by atoms with van der Waals surface area (Å²) < 4.78 is 19.1. The van der Waals surface area contributed by atoms with Crippen LogP contribution in [0.4, 0.5) is 4.39 Å². The molecule has 4 nitrogen and oxygen atoms in total. The van der Waals surface area contributed by atoms with Gasteiger partial charge in [-0.15, -0.1) is 11.3 Å². The molecule has 0 unspecified atom stereocenters. The molecule has 1 heterocycles. The van der Waals surface area contributed by atoms with Gasteiger partial charge in [-0.3, -0.25) is 4.79 Å². The summed E-state index contributed by atoms with van der Waals surface area (Å²) in [4.78, 5) is 26.5. The quantitative estimate of drug-likeness (QED) is 0.633. The fourth-order valence-electron chi connectivity index (χ4n) is 2.62. The number of ether oxygens (including phenoxy) is 1. The van der Waals surface area contributed by atoms with Crippen LogP contribution in [0.15, 0.2) is 48.5 Å². The zero-order chi connectivity index (χ0) is 18.7. The van der Waals surface area contributed by atoms with Crippen LogP contribution in [-0.2, 0) is 16.1 Å². The van der Waals surface area contributed by atoms with Gasteiger partial charge in [-0.2, -0.15) is 0 Å². The molecular formula is C20H18FNO3S. The highest BCUT2D eigenvalue weighted by Gasteiger charge is 2.19. The molecule has 6 heteroatoms. The van der Waals surface area contributed by atoms with Gasteiger partial charge in [-0.05, 0) is 41.6 Å². The van der Waals surface area contributed by atoms with Crippen LogP contribution in [-0.4, -0.2) is 30.4 Å². The van der Waals surface area contributed by atoms with Crippen LogP contribution < -0.4 is 0 Å². The van der Waals surface area contributed by atoms with E-state index in [1.807, 2.05) is 31.2 Å². The summed E-state index contributed by atoms with van der Waals surface area (Å²) in [6, 6.07) is 13.7. The van der Waals surface area contributed by atoms with Gasteiger partial charge in [-0.25, -0.2) is 9.18 Å². The number of carbonyl (C=O) groups is 2. The fourth-order valence-corrected chi connectivity index (χ4v) is 3.73. The molecule has 0 aliphatic carbocycles. The van der Waals surface area contributed by atoms with Crippen molar-refractivity contribution in [2.45, 2.75) is 13.5 Å². The summed E-state index contributed by atoms with van der Waals surface area (Å²) >= 11 is 1.36. The van der Waals surface area contributed by atoms with Gasteiger partial charge in [0.05, 0.1) is 0 Å². The molecule has 3 rings (SSSR count). The standard InChI is InChI=1S/C20H18FNO3S/c1-13-16-5-3-4-6-17(16)26-19(13)20(24)25-12-18(23)22(2)11-14-7-9-15(21)10-8-14/h3-10H,11-12H2,1-2H3. The lowest BCUT2D eigenvalue weighted by atomic mass is 10.1. The van der Waals surface area contributed by atoms with Crippen molar-refractivity contribution in [2.24, 2.45) is 0 Å². The van der Waals surface area contributed by atoms with Gasteiger partial charge in [0.1, 0.15) is 10.7 Å². The molecule has 1 aromatic heterocycles.